The molecule has 2 heteroatoms. The van der Waals surface area contributed by atoms with Gasteiger partial charge >= 0.3 is 0 Å². The van der Waals surface area contributed by atoms with Crippen molar-refractivity contribution in [1.82, 2.24) is 5.32 Å². The molecule has 0 radical (unpaired) electrons. The van der Waals surface area contributed by atoms with Crippen molar-refractivity contribution in [1.29, 1.82) is 0 Å². The van der Waals surface area contributed by atoms with Gasteiger partial charge in [0.25, 0.3) is 0 Å². The highest BCUT2D eigenvalue weighted by Crippen LogP contribution is 2.24. The molecule has 1 aliphatic rings. The molecular formula is C8H19NO. The molecule has 1 fully saturated rings. The third-order valence-electron chi connectivity index (χ3n) is 2.18. The van der Waals surface area contributed by atoms with Crippen molar-refractivity contribution in [2.75, 3.05) is 26.8 Å². The summed E-state index contributed by atoms with van der Waals surface area (Å²) in [4.78, 5) is 0. The Morgan fingerprint density at radius 1 is 1.70 bits per heavy atom. The van der Waals surface area contributed by atoms with Crippen LogP contribution in [0.25, 0.3) is 0 Å². The molecule has 0 saturated carbocycles. The first kappa shape index (κ1) is 8.02. The van der Waals surface area contributed by atoms with Gasteiger partial charge in [0.2, 0.25) is 0 Å². The van der Waals surface area contributed by atoms with Gasteiger partial charge in [-0.25, -0.2) is 0 Å². The van der Waals surface area contributed by atoms with Gasteiger partial charge in [0.15, 0.2) is 0 Å². The van der Waals surface area contributed by atoms with Crippen LogP contribution in [0, 0.1) is 5.41 Å². The highest BCUT2D eigenvalue weighted by molar-refractivity contribution is 4.80. The van der Waals surface area contributed by atoms with E-state index in [9.17, 15) is 0 Å². The highest BCUT2D eigenvalue weighted by atomic mass is 16.5. The van der Waals surface area contributed by atoms with Crippen molar-refractivity contribution in [3.8, 4) is 0 Å². The van der Waals surface area contributed by atoms with E-state index in [-0.39, 0.29) is 1.43 Å². The van der Waals surface area contributed by atoms with E-state index in [1.807, 2.05) is 0 Å². The van der Waals surface area contributed by atoms with Crippen LogP contribution < -0.4 is 5.32 Å². The summed E-state index contributed by atoms with van der Waals surface area (Å²) in [5, 5.41) is 3.38. The van der Waals surface area contributed by atoms with Crippen molar-refractivity contribution in [2.45, 2.75) is 19.8 Å². The van der Waals surface area contributed by atoms with Gasteiger partial charge in [-0.15, -0.1) is 0 Å². The van der Waals surface area contributed by atoms with Crippen LogP contribution in [0.2, 0.25) is 0 Å². The summed E-state index contributed by atoms with van der Waals surface area (Å²) in [6.07, 6.45) is 2.59. The summed E-state index contributed by atoms with van der Waals surface area (Å²) in [6, 6.07) is 0. The summed E-state index contributed by atoms with van der Waals surface area (Å²) >= 11 is 0. The fourth-order valence-electron chi connectivity index (χ4n) is 1.59. The molecular weight excluding hydrogens is 126 g/mol. The topological polar surface area (TPSA) is 21.3 Å². The largest absolute Gasteiger partial charge is 0.384 e. The van der Waals surface area contributed by atoms with Gasteiger partial charge in [0, 0.05) is 20.5 Å². The number of hydrogen-bond acceptors (Lipinski definition) is 2. The Kier molecular flexibility index (Phi) is 2.69. The van der Waals surface area contributed by atoms with Crippen LogP contribution in [0.5, 0.6) is 0 Å². The van der Waals surface area contributed by atoms with Crippen LogP contribution in [0.15, 0.2) is 0 Å². The van der Waals surface area contributed by atoms with Crippen LogP contribution in [0.3, 0.4) is 0 Å². The van der Waals surface area contributed by atoms with Crippen LogP contribution in [0.4, 0.5) is 0 Å². The van der Waals surface area contributed by atoms with E-state index >= 15 is 0 Å². The molecule has 1 unspecified atom stereocenters. The van der Waals surface area contributed by atoms with Crippen LogP contribution in [0.1, 0.15) is 21.2 Å². The van der Waals surface area contributed by atoms with Crippen molar-refractivity contribution in [2.24, 2.45) is 5.41 Å². The Morgan fingerprint density at radius 3 is 3.00 bits per heavy atom. The lowest BCUT2D eigenvalue weighted by atomic mass is 9.84. The lowest BCUT2D eigenvalue weighted by Crippen LogP contribution is -2.40. The Morgan fingerprint density at radius 2 is 2.50 bits per heavy atom. The van der Waals surface area contributed by atoms with E-state index in [1.165, 1.54) is 19.4 Å². The molecule has 10 heavy (non-hydrogen) atoms. The maximum atomic E-state index is 5.14. The molecule has 0 aliphatic carbocycles. The maximum Gasteiger partial charge on any atom is 0.0528 e. The van der Waals surface area contributed by atoms with Gasteiger partial charge < -0.3 is 10.1 Å². The van der Waals surface area contributed by atoms with Gasteiger partial charge in [0.05, 0.1) is 6.61 Å². The number of rotatable bonds is 2. The van der Waals surface area contributed by atoms with Crippen LogP contribution in [-0.4, -0.2) is 26.8 Å². The number of methoxy groups -OCH3 is 1. The first-order chi connectivity index (χ1) is 4.77. The van der Waals surface area contributed by atoms with Crippen LogP contribution in [-0.2, 0) is 4.74 Å². The maximum absolute atomic E-state index is 5.14. The van der Waals surface area contributed by atoms with Gasteiger partial charge in [-0.05, 0) is 19.4 Å². The summed E-state index contributed by atoms with van der Waals surface area (Å²) in [5.41, 5.74) is 0.396. The molecule has 1 rings (SSSR count). The lowest BCUT2D eigenvalue weighted by Gasteiger charge is -2.33. The van der Waals surface area contributed by atoms with Gasteiger partial charge in [-0.3, -0.25) is 0 Å². The first-order valence-electron chi connectivity index (χ1n) is 3.96. The quantitative estimate of drug-likeness (QED) is 0.632. The standard InChI is InChI=1S/C8H17NO.H2/c1-8(7-10-2)4-3-5-9-6-8;/h9H,3-7H2,1-2H3;1H. The predicted molar refractivity (Wildman–Crippen MR) is 44.2 cm³/mol. The Hall–Kier alpha value is -0.0800. The molecule has 0 spiro atoms. The Bertz CT molecular complexity index is 96.8. The van der Waals surface area contributed by atoms with E-state index in [1.54, 1.807) is 7.11 Å². The second kappa shape index (κ2) is 3.35. The second-order valence-corrected chi connectivity index (χ2v) is 3.52. The van der Waals surface area contributed by atoms with E-state index in [4.69, 9.17) is 4.74 Å². The normalized spacial score (nSPS) is 34.2. The third-order valence-corrected chi connectivity index (χ3v) is 2.18. The molecule has 2 nitrogen and oxygen atoms in total. The van der Waals surface area contributed by atoms with Crippen molar-refractivity contribution >= 4 is 0 Å². The smallest absolute Gasteiger partial charge is 0.0528 e. The zero-order valence-electron chi connectivity index (χ0n) is 6.94. The van der Waals surface area contributed by atoms with Gasteiger partial charge in [0.1, 0.15) is 0 Å². The molecule has 0 aromatic carbocycles. The van der Waals surface area contributed by atoms with E-state index in [0.29, 0.717) is 5.41 Å². The molecule has 1 atom stereocenters. The van der Waals surface area contributed by atoms with Crippen molar-refractivity contribution in [3.05, 3.63) is 0 Å². The molecule has 0 aromatic rings. The van der Waals surface area contributed by atoms with E-state index < -0.39 is 0 Å². The number of hydrogen-bond donors (Lipinski definition) is 1. The number of piperidine rings is 1. The minimum absolute atomic E-state index is 0. The Labute approximate surface area is 64.4 Å². The first-order valence-corrected chi connectivity index (χ1v) is 3.96. The molecule has 1 aliphatic heterocycles. The minimum atomic E-state index is 0. The molecule has 1 heterocycles. The summed E-state index contributed by atoms with van der Waals surface area (Å²) in [6.45, 7) is 5.46. The highest BCUT2D eigenvalue weighted by Gasteiger charge is 2.25. The molecule has 0 bridgehead atoms. The molecule has 0 aromatic heterocycles. The number of nitrogens with one attached hydrogen (secondary N) is 1. The SMILES string of the molecule is COCC1(C)CCCNC1.[HH]. The second-order valence-electron chi connectivity index (χ2n) is 3.52. The van der Waals surface area contributed by atoms with Crippen molar-refractivity contribution < 1.29 is 6.16 Å². The minimum Gasteiger partial charge on any atom is -0.384 e. The summed E-state index contributed by atoms with van der Waals surface area (Å²) in [7, 11) is 1.78. The fourth-order valence-corrected chi connectivity index (χ4v) is 1.59. The molecule has 1 saturated heterocycles. The predicted octanol–water partition coefficient (Wildman–Crippen LogP) is 1.27. The average molecular weight is 145 g/mol. The zero-order chi connectivity index (χ0) is 7.45. The molecule has 0 amide bonds. The summed E-state index contributed by atoms with van der Waals surface area (Å²) in [5.74, 6) is 0. The summed E-state index contributed by atoms with van der Waals surface area (Å²) < 4.78 is 5.14. The third kappa shape index (κ3) is 1.96. The van der Waals surface area contributed by atoms with Gasteiger partial charge in [-0.2, -0.15) is 0 Å². The number of ether oxygens (including phenoxy) is 1. The fraction of sp³-hybridized carbons (Fsp3) is 1.00. The monoisotopic (exact) mass is 145 g/mol. The van der Waals surface area contributed by atoms with Crippen molar-refractivity contribution in [3.63, 3.8) is 0 Å². The molecule has 62 valence electrons. The lowest BCUT2D eigenvalue weighted by molar-refractivity contribution is 0.0724. The van der Waals surface area contributed by atoms with Crippen LogP contribution >= 0.6 is 0 Å². The molecule has 1 N–H and O–H groups in total. The van der Waals surface area contributed by atoms with E-state index in [0.717, 1.165) is 13.2 Å². The van der Waals surface area contributed by atoms with E-state index in [2.05, 4.69) is 12.2 Å². The average Bonchev–Trinajstić information content (AvgIpc) is 1.89. The Balaban J connectivity index is 0.000001000. The zero-order valence-corrected chi connectivity index (χ0v) is 6.94. The van der Waals surface area contributed by atoms with Gasteiger partial charge in [-0.1, -0.05) is 6.92 Å².